The third-order valence-electron chi connectivity index (χ3n) is 3.69. The van der Waals surface area contributed by atoms with Crippen molar-refractivity contribution in [3.8, 4) is 0 Å². The highest BCUT2D eigenvalue weighted by Crippen LogP contribution is 2.14. The van der Waals surface area contributed by atoms with Crippen LogP contribution in [0.3, 0.4) is 0 Å². The van der Waals surface area contributed by atoms with Crippen LogP contribution in [-0.4, -0.2) is 12.4 Å². The summed E-state index contributed by atoms with van der Waals surface area (Å²) < 4.78 is 0. The Hall–Kier alpha value is -2.22. The normalized spacial score (nSPS) is 12.1. The van der Waals surface area contributed by atoms with Gasteiger partial charge in [0.15, 0.2) is 0 Å². The van der Waals surface area contributed by atoms with E-state index in [1.54, 1.807) is 12.4 Å². The topological polar surface area (TPSA) is 24.7 Å². The standard InChI is InChI=1S/C20H24N2/c1-15(2)19-9-5-17(6-10-19)13-21-22-14-18-7-11-20(12-8-18)16(3)4/h5-16H,1-4H3. The lowest BCUT2D eigenvalue weighted by Gasteiger charge is -2.04. The molecular formula is C20H24N2. The summed E-state index contributed by atoms with van der Waals surface area (Å²) >= 11 is 0. The predicted molar refractivity (Wildman–Crippen MR) is 96.3 cm³/mol. The summed E-state index contributed by atoms with van der Waals surface area (Å²) in [5.41, 5.74) is 4.81. The van der Waals surface area contributed by atoms with Crippen molar-refractivity contribution in [1.82, 2.24) is 0 Å². The van der Waals surface area contributed by atoms with Crippen molar-refractivity contribution < 1.29 is 0 Å². The average Bonchev–Trinajstić information content (AvgIpc) is 2.52. The van der Waals surface area contributed by atoms with Crippen LogP contribution >= 0.6 is 0 Å². The van der Waals surface area contributed by atoms with E-state index in [1.165, 1.54) is 11.1 Å². The van der Waals surface area contributed by atoms with Crippen LogP contribution < -0.4 is 0 Å². The Balaban J connectivity index is 1.96. The molecule has 2 aromatic rings. The fourth-order valence-corrected chi connectivity index (χ4v) is 2.13. The van der Waals surface area contributed by atoms with Crippen LogP contribution in [0.5, 0.6) is 0 Å². The fraction of sp³-hybridized carbons (Fsp3) is 0.300. The fourth-order valence-electron chi connectivity index (χ4n) is 2.13. The molecule has 0 aliphatic rings. The molecule has 0 radical (unpaired) electrons. The lowest BCUT2D eigenvalue weighted by molar-refractivity contribution is 0.866. The third-order valence-corrected chi connectivity index (χ3v) is 3.69. The van der Waals surface area contributed by atoms with E-state index in [9.17, 15) is 0 Å². The highest BCUT2D eigenvalue weighted by molar-refractivity contribution is 5.82. The summed E-state index contributed by atoms with van der Waals surface area (Å²) in [6, 6.07) is 16.9. The van der Waals surface area contributed by atoms with Crippen molar-refractivity contribution in [3.05, 3.63) is 70.8 Å². The van der Waals surface area contributed by atoms with E-state index in [-0.39, 0.29) is 0 Å². The number of benzene rings is 2. The molecular weight excluding hydrogens is 268 g/mol. The van der Waals surface area contributed by atoms with Crippen molar-refractivity contribution in [2.75, 3.05) is 0 Å². The summed E-state index contributed by atoms with van der Waals surface area (Å²) in [5, 5.41) is 8.23. The molecule has 0 saturated heterocycles. The predicted octanol–water partition coefficient (Wildman–Crippen LogP) is 5.39. The van der Waals surface area contributed by atoms with Gasteiger partial charge >= 0.3 is 0 Å². The van der Waals surface area contributed by atoms with Crippen LogP contribution in [-0.2, 0) is 0 Å². The Morgan fingerprint density at radius 2 is 0.909 bits per heavy atom. The maximum Gasteiger partial charge on any atom is 0.0568 e. The molecule has 0 bridgehead atoms. The van der Waals surface area contributed by atoms with Crippen molar-refractivity contribution in [2.45, 2.75) is 39.5 Å². The quantitative estimate of drug-likeness (QED) is 0.521. The molecule has 0 spiro atoms. The second-order valence-electron chi connectivity index (χ2n) is 6.13. The van der Waals surface area contributed by atoms with E-state index >= 15 is 0 Å². The van der Waals surface area contributed by atoms with Gasteiger partial charge in [-0.1, -0.05) is 76.2 Å². The van der Waals surface area contributed by atoms with E-state index in [1.807, 2.05) is 0 Å². The minimum absolute atomic E-state index is 0.554. The number of hydrogen-bond donors (Lipinski definition) is 0. The van der Waals surface area contributed by atoms with E-state index in [0.717, 1.165) is 11.1 Å². The van der Waals surface area contributed by atoms with Crippen molar-refractivity contribution in [1.29, 1.82) is 0 Å². The lowest BCUT2D eigenvalue weighted by Crippen LogP contribution is -1.88. The van der Waals surface area contributed by atoms with E-state index < -0.39 is 0 Å². The van der Waals surface area contributed by atoms with Crippen molar-refractivity contribution in [2.24, 2.45) is 10.2 Å². The summed E-state index contributed by atoms with van der Waals surface area (Å²) in [6.07, 6.45) is 3.56. The van der Waals surface area contributed by atoms with Gasteiger partial charge in [0.1, 0.15) is 0 Å². The van der Waals surface area contributed by atoms with Crippen LogP contribution in [0.2, 0.25) is 0 Å². The largest absolute Gasteiger partial charge is 0.159 e. The number of hydrogen-bond acceptors (Lipinski definition) is 2. The minimum Gasteiger partial charge on any atom is -0.159 e. The summed E-state index contributed by atoms with van der Waals surface area (Å²) in [5.74, 6) is 1.11. The van der Waals surface area contributed by atoms with Gasteiger partial charge in [0.25, 0.3) is 0 Å². The van der Waals surface area contributed by atoms with Gasteiger partial charge in [-0.25, -0.2) is 0 Å². The van der Waals surface area contributed by atoms with Crippen LogP contribution in [0.1, 0.15) is 61.8 Å². The van der Waals surface area contributed by atoms with Crippen LogP contribution in [0.25, 0.3) is 0 Å². The Bertz CT molecular complexity index is 573. The van der Waals surface area contributed by atoms with Gasteiger partial charge < -0.3 is 0 Å². The molecule has 2 heteroatoms. The highest BCUT2D eigenvalue weighted by atomic mass is 15.2. The number of rotatable bonds is 5. The Morgan fingerprint density at radius 3 is 1.18 bits per heavy atom. The van der Waals surface area contributed by atoms with Crippen LogP contribution in [0.15, 0.2) is 58.7 Å². The molecule has 0 aliphatic carbocycles. The molecule has 0 unspecified atom stereocenters. The van der Waals surface area contributed by atoms with Gasteiger partial charge in [-0.15, -0.1) is 0 Å². The molecule has 114 valence electrons. The van der Waals surface area contributed by atoms with E-state index in [4.69, 9.17) is 0 Å². The third kappa shape index (κ3) is 4.66. The maximum atomic E-state index is 4.11. The lowest BCUT2D eigenvalue weighted by atomic mass is 10.0. The highest BCUT2D eigenvalue weighted by Gasteiger charge is 1.98. The molecule has 0 atom stereocenters. The second-order valence-corrected chi connectivity index (χ2v) is 6.13. The van der Waals surface area contributed by atoms with Gasteiger partial charge in [-0.3, -0.25) is 0 Å². The van der Waals surface area contributed by atoms with Gasteiger partial charge in [0.05, 0.1) is 12.4 Å². The molecule has 2 nitrogen and oxygen atoms in total. The first-order chi connectivity index (χ1) is 10.6. The molecule has 22 heavy (non-hydrogen) atoms. The SMILES string of the molecule is CC(C)c1ccc(C=NN=Cc2ccc(C(C)C)cc2)cc1. The first kappa shape index (κ1) is 16.2. The van der Waals surface area contributed by atoms with Gasteiger partial charge in [0.2, 0.25) is 0 Å². The molecule has 0 N–H and O–H groups in total. The zero-order chi connectivity index (χ0) is 15.9. The van der Waals surface area contributed by atoms with Gasteiger partial charge in [-0.05, 0) is 34.1 Å². The first-order valence-electron chi connectivity index (χ1n) is 7.82. The minimum atomic E-state index is 0.554. The number of nitrogens with zero attached hydrogens (tertiary/aromatic N) is 2. The zero-order valence-corrected chi connectivity index (χ0v) is 13.8. The molecule has 0 fully saturated rings. The Labute approximate surface area is 133 Å². The molecule has 0 amide bonds. The van der Waals surface area contributed by atoms with E-state index in [0.29, 0.717) is 11.8 Å². The van der Waals surface area contributed by atoms with E-state index in [2.05, 4.69) is 86.4 Å². The zero-order valence-electron chi connectivity index (χ0n) is 13.8. The Morgan fingerprint density at radius 1 is 0.591 bits per heavy atom. The second kappa shape index (κ2) is 7.69. The van der Waals surface area contributed by atoms with Crippen molar-refractivity contribution in [3.63, 3.8) is 0 Å². The maximum absolute atomic E-state index is 4.11. The molecule has 2 rings (SSSR count). The van der Waals surface area contributed by atoms with Crippen molar-refractivity contribution >= 4 is 12.4 Å². The van der Waals surface area contributed by atoms with Crippen LogP contribution in [0.4, 0.5) is 0 Å². The van der Waals surface area contributed by atoms with Gasteiger partial charge in [0, 0.05) is 0 Å². The summed E-state index contributed by atoms with van der Waals surface area (Å²) in [7, 11) is 0. The molecule has 0 aromatic heterocycles. The smallest absolute Gasteiger partial charge is 0.0568 e. The monoisotopic (exact) mass is 292 g/mol. The average molecular weight is 292 g/mol. The Kier molecular flexibility index (Phi) is 5.65. The molecule has 0 saturated carbocycles. The van der Waals surface area contributed by atoms with Gasteiger partial charge in [-0.2, -0.15) is 10.2 Å². The summed E-state index contributed by atoms with van der Waals surface area (Å²) in [6.45, 7) is 8.77. The molecule has 0 aliphatic heterocycles. The molecule has 0 heterocycles. The molecule has 2 aromatic carbocycles. The first-order valence-corrected chi connectivity index (χ1v) is 7.82. The summed E-state index contributed by atoms with van der Waals surface area (Å²) in [4.78, 5) is 0. The van der Waals surface area contributed by atoms with Crippen LogP contribution in [0, 0.1) is 0 Å².